The minimum Gasteiger partial charge on any atom is -0.378 e. The first-order valence-electron chi connectivity index (χ1n) is 9.31. The molecule has 2 aliphatic heterocycles. The van der Waals surface area contributed by atoms with Crippen LogP contribution in [0.15, 0.2) is 4.99 Å². The second-order valence-corrected chi connectivity index (χ2v) is 10.1. The molecule has 138 valence electrons. The molecule has 0 spiro atoms. The van der Waals surface area contributed by atoms with E-state index in [9.17, 15) is 8.42 Å². The summed E-state index contributed by atoms with van der Waals surface area (Å²) in [4.78, 5) is 4.68. The first-order chi connectivity index (χ1) is 11.4. The molecule has 0 amide bonds. The average molecular weight is 358 g/mol. The summed E-state index contributed by atoms with van der Waals surface area (Å²) in [6, 6.07) is 0.685. The van der Waals surface area contributed by atoms with Gasteiger partial charge in [-0.15, -0.1) is 0 Å². The lowest BCUT2D eigenvalue weighted by molar-refractivity contribution is -0.00827. The van der Waals surface area contributed by atoms with Gasteiger partial charge in [-0.1, -0.05) is 0 Å². The fourth-order valence-electron chi connectivity index (χ4n) is 3.59. The molecule has 0 aromatic carbocycles. The monoisotopic (exact) mass is 357 g/mol. The number of guanidine groups is 1. The zero-order valence-corrected chi connectivity index (χ0v) is 15.6. The van der Waals surface area contributed by atoms with Crippen molar-refractivity contribution in [3.8, 4) is 0 Å². The number of hydrogen-bond acceptors (Lipinski definition) is 4. The number of aliphatic imine (C=N–C) groups is 1. The molecular weight excluding hydrogens is 326 g/mol. The van der Waals surface area contributed by atoms with Crippen molar-refractivity contribution in [2.45, 2.75) is 64.1 Å². The quantitative estimate of drug-likeness (QED) is 0.573. The Kier molecular flexibility index (Phi) is 5.70. The third kappa shape index (κ3) is 5.34. The number of sulfone groups is 1. The normalized spacial score (nSPS) is 33.6. The van der Waals surface area contributed by atoms with Gasteiger partial charge in [0.2, 0.25) is 0 Å². The molecule has 3 rings (SSSR count). The van der Waals surface area contributed by atoms with E-state index in [2.05, 4.69) is 29.5 Å². The maximum absolute atomic E-state index is 11.6. The molecule has 3 fully saturated rings. The molecule has 7 heteroatoms. The van der Waals surface area contributed by atoms with Crippen LogP contribution in [0.5, 0.6) is 0 Å². The molecule has 1 aliphatic carbocycles. The van der Waals surface area contributed by atoms with Gasteiger partial charge in [0.05, 0.1) is 17.6 Å². The van der Waals surface area contributed by atoms with Gasteiger partial charge in [0.25, 0.3) is 0 Å². The van der Waals surface area contributed by atoms with Gasteiger partial charge in [-0.05, 0) is 57.8 Å². The lowest BCUT2D eigenvalue weighted by Crippen LogP contribution is -2.49. The van der Waals surface area contributed by atoms with E-state index < -0.39 is 9.84 Å². The van der Waals surface area contributed by atoms with Crippen molar-refractivity contribution in [3.63, 3.8) is 0 Å². The summed E-state index contributed by atoms with van der Waals surface area (Å²) in [6.07, 6.45) is 5.79. The Morgan fingerprint density at radius 1 is 1.25 bits per heavy atom. The van der Waals surface area contributed by atoms with Crippen molar-refractivity contribution in [2.75, 3.05) is 24.7 Å². The maximum Gasteiger partial charge on any atom is 0.191 e. The summed E-state index contributed by atoms with van der Waals surface area (Å²) in [5, 5.41) is 6.93. The van der Waals surface area contributed by atoms with Crippen molar-refractivity contribution in [3.05, 3.63) is 0 Å². The molecule has 0 aromatic rings. The molecule has 0 radical (unpaired) electrons. The van der Waals surface area contributed by atoms with Gasteiger partial charge in [0.1, 0.15) is 0 Å². The minimum atomic E-state index is -2.83. The molecule has 3 aliphatic rings. The number of hydrogen-bond donors (Lipinski definition) is 2. The Balaban J connectivity index is 1.55. The van der Waals surface area contributed by atoms with E-state index in [1.54, 1.807) is 0 Å². The highest BCUT2D eigenvalue weighted by Gasteiger charge is 2.36. The van der Waals surface area contributed by atoms with E-state index in [-0.39, 0.29) is 11.7 Å². The predicted octanol–water partition coefficient (Wildman–Crippen LogP) is 1.32. The van der Waals surface area contributed by atoms with Crippen LogP contribution in [0.4, 0.5) is 0 Å². The Bertz CT molecular complexity index is 557. The first-order valence-corrected chi connectivity index (χ1v) is 11.1. The van der Waals surface area contributed by atoms with E-state index >= 15 is 0 Å². The predicted molar refractivity (Wildman–Crippen MR) is 96.0 cm³/mol. The third-order valence-electron chi connectivity index (χ3n) is 5.06. The highest BCUT2D eigenvalue weighted by molar-refractivity contribution is 7.91. The zero-order valence-electron chi connectivity index (χ0n) is 14.8. The van der Waals surface area contributed by atoms with Crippen LogP contribution in [0.2, 0.25) is 0 Å². The van der Waals surface area contributed by atoms with Gasteiger partial charge in [-0.2, -0.15) is 0 Å². The Morgan fingerprint density at radius 2 is 2.04 bits per heavy atom. The van der Waals surface area contributed by atoms with E-state index in [0.29, 0.717) is 30.5 Å². The molecular formula is C17H31N3O3S. The van der Waals surface area contributed by atoms with E-state index in [4.69, 9.17) is 4.74 Å². The van der Waals surface area contributed by atoms with E-state index in [1.807, 2.05) is 0 Å². The summed E-state index contributed by atoms with van der Waals surface area (Å²) >= 11 is 0. The SMILES string of the molecule is CC(C)NC(=NCC1CCS(=O)(=O)C1)NC1CCOC(C2CC2)C1. The maximum atomic E-state index is 11.6. The average Bonchev–Trinajstić information content (AvgIpc) is 3.29. The lowest BCUT2D eigenvalue weighted by atomic mass is 10.0. The lowest BCUT2D eigenvalue weighted by Gasteiger charge is -2.31. The largest absolute Gasteiger partial charge is 0.378 e. The topological polar surface area (TPSA) is 79.8 Å². The smallest absolute Gasteiger partial charge is 0.191 e. The first kappa shape index (κ1) is 18.0. The summed E-state index contributed by atoms with van der Waals surface area (Å²) < 4.78 is 29.1. The van der Waals surface area contributed by atoms with Crippen molar-refractivity contribution in [1.82, 2.24) is 10.6 Å². The van der Waals surface area contributed by atoms with Crippen molar-refractivity contribution < 1.29 is 13.2 Å². The highest BCUT2D eigenvalue weighted by Crippen LogP contribution is 2.38. The standard InChI is InChI=1S/C17H31N3O3S/c1-12(2)19-17(18-10-13-6-8-24(21,22)11-13)20-15-5-7-23-16(9-15)14-3-4-14/h12-16H,3-11H2,1-2H3,(H2,18,19,20). The van der Waals surface area contributed by atoms with Crippen LogP contribution in [0.1, 0.15) is 46.0 Å². The minimum absolute atomic E-state index is 0.162. The van der Waals surface area contributed by atoms with Crippen LogP contribution < -0.4 is 10.6 Å². The molecule has 2 heterocycles. The van der Waals surface area contributed by atoms with Crippen molar-refractivity contribution in [1.29, 1.82) is 0 Å². The van der Waals surface area contributed by atoms with Crippen molar-refractivity contribution >= 4 is 15.8 Å². The molecule has 3 atom stereocenters. The van der Waals surface area contributed by atoms with Crippen LogP contribution in [0.3, 0.4) is 0 Å². The molecule has 3 unspecified atom stereocenters. The van der Waals surface area contributed by atoms with E-state index in [0.717, 1.165) is 37.7 Å². The Hall–Kier alpha value is -0.820. The summed E-state index contributed by atoms with van der Waals surface area (Å²) in [5.41, 5.74) is 0. The zero-order chi connectivity index (χ0) is 17.2. The van der Waals surface area contributed by atoms with Gasteiger partial charge < -0.3 is 15.4 Å². The molecule has 24 heavy (non-hydrogen) atoms. The van der Waals surface area contributed by atoms with Gasteiger partial charge in [-0.3, -0.25) is 4.99 Å². The summed E-state index contributed by atoms with van der Waals surface area (Å²) in [5.74, 6) is 2.34. The second kappa shape index (κ2) is 7.60. The Morgan fingerprint density at radius 3 is 2.67 bits per heavy atom. The van der Waals surface area contributed by atoms with Gasteiger partial charge in [0, 0.05) is 25.2 Å². The van der Waals surface area contributed by atoms with Gasteiger partial charge in [-0.25, -0.2) is 8.42 Å². The van der Waals surface area contributed by atoms with Gasteiger partial charge >= 0.3 is 0 Å². The van der Waals surface area contributed by atoms with Crippen LogP contribution in [-0.4, -0.2) is 57.2 Å². The molecule has 1 saturated carbocycles. The van der Waals surface area contributed by atoms with Crippen molar-refractivity contribution in [2.24, 2.45) is 16.8 Å². The second-order valence-electron chi connectivity index (χ2n) is 7.87. The molecule has 0 bridgehead atoms. The van der Waals surface area contributed by atoms with Crippen LogP contribution in [0.25, 0.3) is 0 Å². The number of rotatable bonds is 5. The van der Waals surface area contributed by atoms with E-state index in [1.165, 1.54) is 12.8 Å². The third-order valence-corrected chi connectivity index (χ3v) is 6.90. The summed E-state index contributed by atoms with van der Waals surface area (Å²) in [7, 11) is -2.83. The fraction of sp³-hybridized carbons (Fsp3) is 0.941. The van der Waals surface area contributed by atoms with Gasteiger partial charge in [0.15, 0.2) is 15.8 Å². The number of nitrogens with one attached hydrogen (secondary N) is 2. The Labute approximate surface area is 145 Å². The number of nitrogens with zero attached hydrogens (tertiary/aromatic N) is 1. The summed E-state index contributed by atoms with van der Waals surface area (Å²) in [6.45, 7) is 5.58. The molecule has 2 saturated heterocycles. The van der Waals surface area contributed by atoms with Crippen LogP contribution in [0, 0.1) is 11.8 Å². The fourth-order valence-corrected chi connectivity index (χ4v) is 5.44. The highest BCUT2D eigenvalue weighted by atomic mass is 32.2. The molecule has 6 nitrogen and oxygen atoms in total. The van der Waals surface area contributed by atoms with Crippen LogP contribution in [-0.2, 0) is 14.6 Å². The number of ether oxygens (including phenoxy) is 1. The molecule has 2 N–H and O–H groups in total. The molecule has 0 aromatic heterocycles. The van der Waals surface area contributed by atoms with Crippen LogP contribution >= 0.6 is 0 Å².